The number of nitrogen functional groups attached to an aromatic ring is 1. The molecule has 0 unspecified atom stereocenters. The first-order chi connectivity index (χ1) is 14.5. The maximum Gasteiger partial charge on any atom is 0.325 e. The summed E-state index contributed by atoms with van der Waals surface area (Å²) >= 11 is 0. The summed E-state index contributed by atoms with van der Waals surface area (Å²) in [6.45, 7) is 2.03. The maximum atomic E-state index is 13.1. The minimum Gasteiger partial charge on any atom is -0.368 e. The zero-order chi connectivity index (χ0) is 21.1. The Morgan fingerprint density at radius 1 is 1.10 bits per heavy atom. The lowest BCUT2D eigenvalue weighted by atomic mass is 9.90. The molecule has 1 saturated heterocycles. The van der Waals surface area contributed by atoms with Gasteiger partial charge in [0.1, 0.15) is 5.54 Å². The van der Waals surface area contributed by atoms with Gasteiger partial charge >= 0.3 is 6.03 Å². The number of nitrogens with two attached hydrogens (primary N) is 1. The molecular formula is C21H27N7O2. The molecular weight excluding hydrogens is 382 g/mol. The number of aryl methyl sites for hydroxylation is 1. The van der Waals surface area contributed by atoms with Crippen LogP contribution in [-0.2, 0) is 17.8 Å². The van der Waals surface area contributed by atoms with Crippen LogP contribution in [0.15, 0.2) is 24.3 Å². The lowest BCUT2D eigenvalue weighted by molar-refractivity contribution is -0.132. The van der Waals surface area contributed by atoms with Crippen LogP contribution in [-0.4, -0.2) is 37.3 Å². The second-order valence-corrected chi connectivity index (χ2v) is 7.89. The van der Waals surface area contributed by atoms with Crippen LogP contribution in [0.25, 0.3) is 0 Å². The van der Waals surface area contributed by atoms with Gasteiger partial charge in [-0.1, -0.05) is 50.8 Å². The molecule has 4 N–H and O–H groups in total. The summed E-state index contributed by atoms with van der Waals surface area (Å²) in [5.74, 6) is 0.398. The Bertz CT molecular complexity index is 954. The number of hydrogen-bond donors (Lipinski definition) is 3. The van der Waals surface area contributed by atoms with Gasteiger partial charge in [0, 0.05) is 5.69 Å². The molecule has 2 heterocycles. The number of benzene rings is 1. The summed E-state index contributed by atoms with van der Waals surface area (Å²) in [6.07, 6.45) is 6.24. The van der Waals surface area contributed by atoms with Gasteiger partial charge in [-0.05, 0) is 30.9 Å². The largest absolute Gasteiger partial charge is 0.368 e. The highest BCUT2D eigenvalue weighted by molar-refractivity contribution is 6.06. The average Bonchev–Trinajstić information content (AvgIpc) is 2.89. The van der Waals surface area contributed by atoms with Crippen LogP contribution >= 0.6 is 0 Å². The maximum absolute atomic E-state index is 13.1. The van der Waals surface area contributed by atoms with Gasteiger partial charge < -0.3 is 16.4 Å². The molecule has 0 radical (unpaired) electrons. The number of hydrogen-bond acceptors (Lipinski definition) is 7. The van der Waals surface area contributed by atoms with Gasteiger partial charge in [-0.15, -0.1) is 0 Å². The second kappa shape index (κ2) is 8.25. The number of carbonyl (C=O) groups is 2. The lowest BCUT2D eigenvalue weighted by Gasteiger charge is -2.24. The normalized spacial score (nSPS) is 18.4. The summed E-state index contributed by atoms with van der Waals surface area (Å²) < 4.78 is 0. The third kappa shape index (κ3) is 3.92. The predicted octanol–water partition coefficient (Wildman–Crippen LogP) is 2.90. The van der Waals surface area contributed by atoms with E-state index in [1.54, 1.807) is 0 Å². The van der Waals surface area contributed by atoms with Crippen molar-refractivity contribution in [1.82, 2.24) is 25.2 Å². The molecule has 9 heteroatoms. The van der Waals surface area contributed by atoms with Gasteiger partial charge in [0.2, 0.25) is 11.9 Å². The van der Waals surface area contributed by atoms with Gasteiger partial charge in [0.05, 0.1) is 6.54 Å². The smallest absolute Gasteiger partial charge is 0.325 e. The van der Waals surface area contributed by atoms with E-state index < -0.39 is 11.6 Å². The third-order valence-corrected chi connectivity index (χ3v) is 5.85. The molecule has 1 aliphatic carbocycles. The van der Waals surface area contributed by atoms with E-state index in [0.29, 0.717) is 12.8 Å². The summed E-state index contributed by atoms with van der Waals surface area (Å²) in [7, 11) is 0. The fourth-order valence-corrected chi connectivity index (χ4v) is 4.27. The predicted molar refractivity (Wildman–Crippen MR) is 113 cm³/mol. The fourth-order valence-electron chi connectivity index (χ4n) is 4.27. The molecule has 2 aromatic rings. The van der Waals surface area contributed by atoms with E-state index in [9.17, 15) is 9.59 Å². The first-order valence-corrected chi connectivity index (χ1v) is 10.5. The molecule has 0 atom stereocenters. The van der Waals surface area contributed by atoms with Crippen LogP contribution in [0.3, 0.4) is 0 Å². The van der Waals surface area contributed by atoms with Crippen molar-refractivity contribution in [3.05, 3.63) is 35.7 Å². The van der Waals surface area contributed by atoms with E-state index >= 15 is 0 Å². The summed E-state index contributed by atoms with van der Waals surface area (Å²) in [6, 6.07) is 7.45. The van der Waals surface area contributed by atoms with Gasteiger partial charge in [-0.3, -0.25) is 9.69 Å². The van der Waals surface area contributed by atoms with E-state index in [0.717, 1.165) is 43.4 Å². The molecule has 1 spiro atoms. The molecule has 4 rings (SSSR count). The SMILES string of the molecule is CCc1ccccc1Nc1nc(N)nc(CN2C(=O)NC3(CCCCCC3)C2=O)n1. The number of nitrogens with zero attached hydrogens (tertiary/aromatic N) is 4. The number of anilines is 3. The van der Waals surface area contributed by atoms with Gasteiger partial charge in [-0.2, -0.15) is 15.0 Å². The monoisotopic (exact) mass is 409 g/mol. The highest BCUT2D eigenvalue weighted by Crippen LogP contribution is 2.33. The first kappa shape index (κ1) is 20.1. The van der Waals surface area contributed by atoms with E-state index in [2.05, 4.69) is 32.5 Å². The Hall–Kier alpha value is -3.23. The zero-order valence-electron chi connectivity index (χ0n) is 17.1. The minimum atomic E-state index is -0.784. The Kier molecular flexibility index (Phi) is 5.52. The van der Waals surface area contributed by atoms with Crippen LogP contribution in [0.2, 0.25) is 0 Å². The van der Waals surface area contributed by atoms with Gasteiger partial charge in [0.15, 0.2) is 5.82 Å². The van der Waals surface area contributed by atoms with Crippen LogP contribution in [0.1, 0.15) is 56.8 Å². The molecule has 2 aliphatic rings. The van der Waals surface area contributed by atoms with Crippen molar-refractivity contribution in [1.29, 1.82) is 0 Å². The van der Waals surface area contributed by atoms with E-state index in [1.165, 1.54) is 4.90 Å². The Morgan fingerprint density at radius 2 is 1.83 bits per heavy atom. The van der Waals surface area contributed by atoms with Crippen LogP contribution in [0, 0.1) is 0 Å². The number of para-hydroxylation sites is 1. The average molecular weight is 409 g/mol. The number of aromatic nitrogens is 3. The molecule has 1 aromatic heterocycles. The van der Waals surface area contributed by atoms with Crippen molar-refractivity contribution in [3.63, 3.8) is 0 Å². The van der Waals surface area contributed by atoms with E-state index in [4.69, 9.17) is 5.73 Å². The molecule has 3 amide bonds. The first-order valence-electron chi connectivity index (χ1n) is 10.5. The molecule has 9 nitrogen and oxygen atoms in total. The van der Waals surface area contributed by atoms with Crippen molar-refractivity contribution in [3.8, 4) is 0 Å². The Labute approximate surface area is 175 Å². The number of carbonyl (C=O) groups excluding carboxylic acids is 2. The summed E-state index contributed by atoms with van der Waals surface area (Å²) in [5.41, 5.74) is 7.09. The molecule has 2 fully saturated rings. The number of urea groups is 1. The number of rotatable bonds is 5. The van der Waals surface area contributed by atoms with Crippen LogP contribution < -0.4 is 16.4 Å². The third-order valence-electron chi connectivity index (χ3n) is 5.85. The molecule has 30 heavy (non-hydrogen) atoms. The highest BCUT2D eigenvalue weighted by atomic mass is 16.2. The summed E-state index contributed by atoms with van der Waals surface area (Å²) in [5, 5.41) is 6.10. The quantitative estimate of drug-likeness (QED) is 0.648. The standard InChI is InChI=1S/C21H27N7O2/c1-2-14-9-5-6-10-15(14)23-19-25-16(24-18(22)26-19)13-28-17(29)21(27-20(28)30)11-7-3-4-8-12-21/h5-6,9-10H,2-4,7-8,11-13H2,1H3,(H,27,30)(H3,22,23,24,25,26). The van der Waals surface area contributed by atoms with Crippen molar-refractivity contribution >= 4 is 29.5 Å². The lowest BCUT2D eigenvalue weighted by Crippen LogP contribution is -2.46. The minimum absolute atomic E-state index is 0.0349. The van der Waals surface area contributed by atoms with Gasteiger partial charge in [0.25, 0.3) is 5.91 Å². The van der Waals surface area contributed by atoms with Crippen molar-refractivity contribution in [2.75, 3.05) is 11.1 Å². The van der Waals surface area contributed by atoms with E-state index in [-0.39, 0.29) is 30.2 Å². The Morgan fingerprint density at radius 3 is 2.57 bits per heavy atom. The highest BCUT2D eigenvalue weighted by Gasteiger charge is 2.50. The molecule has 1 aromatic carbocycles. The molecule has 158 valence electrons. The van der Waals surface area contributed by atoms with Gasteiger partial charge in [-0.25, -0.2) is 4.79 Å². The number of amides is 3. The fraction of sp³-hybridized carbons (Fsp3) is 0.476. The topological polar surface area (TPSA) is 126 Å². The van der Waals surface area contributed by atoms with Crippen LogP contribution in [0.4, 0.5) is 22.4 Å². The second-order valence-electron chi connectivity index (χ2n) is 7.89. The van der Waals surface area contributed by atoms with Crippen molar-refractivity contribution < 1.29 is 9.59 Å². The van der Waals surface area contributed by atoms with E-state index in [1.807, 2.05) is 24.3 Å². The Balaban J connectivity index is 1.55. The van der Waals surface area contributed by atoms with Crippen LogP contribution in [0.5, 0.6) is 0 Å². The number of nitrogens with one attached hydrogen (secondary N) is 2. The molecule has 1 saturated carbocycles. The number of imide groups is 1. The molecule has 1 aliphatic heterocycles. The van der Waals surface area contributed by atoms with Crippen molar-refractivity contribution in [2.45, 2.75) is 64.0 Å². The zero-order valence-corrected chi connectivity index (χ0v) is 17.1. The van der Waals surface area contributed by atoms with Crippen molar-refractivity contribution in [2.24, 2.45) is 0 Å². The summed E-state index contributed by atoms with van der Waals surface area (Å²) in [4.78, 5) is 39.6. The molecule has 0 bridgehead atoms.